The summed E-state index contributed by atoms with van der Waals surface area (Å²) in [4.78, 5) is 6.44. The second kappa shape index (κ2) is 8.27. The number of hydrogen-bond donors (Lipinski definition) is 1. The molecule has 0 fully saturated rings. The van der Waals surface area contributed by atoms with Crippen LogP contribution >= 0.6 is 54.5 Å². The Balaban J connectivity index is 2.06. The van der Waals surface area contributed by atoms with E-state index < -0.39 is 0 Å². The molecular formula is C17H13Br2N3OS2. The molecule has 4 nitrogen and oxygen atoms in total. The second-order valence-electron chi connectivity index (χ2n) is 4.90. The fourth-order valence-corrected chi connectivity index (χ4v) is 4.90. The maximum absolute atomic E-state index is 9.83. The zero-order chi connectivity index (χ0) is 17.8. The van der Waals surface area contributed by atoms with E-state index in [1.54, 1.807) is 35.0 Å². The molecule has 0 spiro atoms. The number of benzene rings is 1. The van der Waals surface area contributed by atoms with E-state index in [0.29, 0.717) is 15.5 Å². The molecule has 0 radical (unpaired) electrons. The van der Waals surface area contributed by atoms with E-state index in [2.05, 4.69) is 54.6 Å². The lowest BCUT2D eigenvalue weighted by Crippen LogP contribution is -2.12. The third-order valence-electron chi connectivity index (χ3n) is 3.18. The molecule has 0 amide bonds. The topological polar surface area (TPSA) is 49.9 Å². The van der Waals surface area contributed by atoms with E-state index in [1.807, 2.05) is 33.6 Å². The Labute approximate surface area is 169 Å². The monoisotopic (exact) mass is 497 g/mol. The van der Waals surface area contributed by atoms with Crippen molar-refractivity contribution in [1.82, 2.24) is 4.68 Å². The summed E-state index contributed by atoms with van der Waals surface area (Å²) in [6.45, 7) is 4.25. The van der Waals surface area contributed by atoms with Gasteiger partial charge in [-0.05, 0) is 61.0 Å². The van der Waals surface area contributed by atoms with Crippen LogP contribution in [0, 0.1) is 0 Å². The molecule has 1 N–H and O–H groups in total. The molecular weight excluding hydrogens is 486 g/mol. The maximum Gasteiger partial charge on any atom is 0.206 e. The number of hydrogen-bond acceptors (Lipinski definition) is 5. The summed E-state index contributed by atoms with van der Waals surface area (Å²) in [5, 5.41) is 18.5. The Morgan fingerprint density at radius 2 is 2.00 bits per heavy atom. The number of phenolic OH excluding ortho intramolecular Hbond substituents is 1. The Morgan fingerprint density at radius 1 is 1.24 bits per heavy atom. The van der Waals surface area contributed by atoms with Crippen LogP contribution in [-0.4, -0.2) is 22.5 Å². The van der Waals surface area contributed by atoms with Crippen LogP contribution < -0.4 is 4.80 Å². The first kappa shape index (κ1) is 18.3. The summed E-state index contributed by atoms with van der Waals surface area (Å²) >= 11 is 9.87. The third-order valence-corrected chi connectivity index (χ3v) is 6.13. The highest BCUT2D eigenvalue weighted by Gasteiger charge is 2.09. The van der Waals surface area contributed by atoms with Gasteiger partial charge in [-0.2, -0.15) is 5.10 Å². The van der Waals surface area contributed by atoms with Crippen LogP contribution in [0.15, 0.2) is 66.7 Å². The summed E-state index contributed by atoms with van der Waals surface area (Å²) < 4.78 is 3.04. The van der Waals surface area contributed by atoms with E-state index in [-0.39, 0.29) is 5.75 Å². The molecule has 0 saturated heterocycles. The van der Waals surface area contributed by atoms with E-state index in [9.17, 15) is 5.11 Å². The van der Waals surface area contributed by atoms with Gasteiger partial charge >= 0.3 is 0 Å². The van der Waals surface area contributed by atoms with Crippen molar-refractivity contribution in [1.29, 1.82) is 0 Å². The molecule has 0 saturated carbocycles. The normalized spacial score (nSPS) is 12.2. The SMILES string of the molecule is C=CCN=c1scc(-c2cccs2)n1N=Cc1cc(Br)c(O)c(Br)c1. The largest absolute Gasteiger partial charge is 0.506 e. The zero-order valence-corrected chi connectivity index (χ0v) is 17.7. The maximum atomic E-state index is 9.83. The summed E-state index contributed by atoms with van der Waals surface area (Å²) in [5.41, 5.74) is 1.85. The van der Waals surface area contributed by atoms with Crippen molar-refractivity contribution in [3.05, 3.63) is 67.0 Å². The minimum Gasteiger partial charge on any atom is -0.506 e. The molecule has 0 unspecified atom stereocenters. The highest BCUT2D eigenvalue weighted by atomic mass is 79.9. The zero-order valence-electron chi connectivity index (χ0n) is 12.9. The van der Waals surface area contributed by atoms with Crippen LogP contribution in [0.2, 0.25) is 0 Å². The van der Waals surface area contributed by atoms with E-state index in [0.717, 1.165) is 20.9 Å². The number of halogens is 2. The highest BCUT2D eigenvalue weighted by Crippen LogP contribution is 2.33. The predicted octanol–water partition coefficient (Wildman–Crippen LogP) is 5.48. The smallest absolute Gasteiger partial charge is 0.206 e. The molecule has 0 bridgehead atoms. The van der Waals surface area contributed by atoms with Crippen LogP contribution in [-0.2, 0) is 0 Å². The average Bonchev–Trinajstić information content (AvgIpc) is 3.25. The Hall–Kier alpha value is -1.48. The Morgan fingerprint density at radius 3 is 2.64 bits per heavy atom. The van der Waals surface area contributed by atoms with Gasteiger partial charge in [-0.1, -0.05) is 12.1 Å². The fourth-order valence-electron chi connectivity index (χ4n) is 2.04. The molecule has 2 heterocycles. The van der Waals surface area contributed by atoms with E-state index in [1.165, 1.54) is 0 Å². The average molecular weight is 499 g/mol. The summed E-state index contributed by atoms with van der Waals surface area (Å²) in [6, 6.07) is 7.69. The van der Waals surface area contributed by atoms with Crippen molar-refractivity contribution in [3.8, 4) is 16.3 Å². The minimum atomic E-state index is 0.168. The van der Waals surface area contributed by atoms with Crippen LogP contribution in [0.5, 0.6) is 5.75 Å². The molecule has 1 aromatic carbocycles. The van der Waals surface area contributed by atoms with Gasteiger partial charge in [-0.3, -0.25) is 4.99 Å². The van der Waals surface area contributed by atoms with E-state index in [4.69, 9.17) is 0 Å². The summed E-state index contributed by atoms with van der Waals surface area (Å²) in [7, 11) is 0. The summed E-state index contributed by atoms with van der Waals surface area (Å²) in [6.07, 6.45) is 3.50. The van der Waals surface area contributed by atoms with Crippen molar-refractivity contribution < 1.29 is 5.11 Å². The van der Waals surface area contributed by atoms with E-state index >= 15 is 0 Å². The molecule has 8 heteroatoms. The fraction of sp³-hybridized carbons (Fsp3) is 0.0588. The van der Waals surface area contributed by atoms with Gasteiger partial charge in [0.15, 0.2) is 0 Å². The van der Waals surface area contributed by atoms with Crippen molar-refractivity contribution in [2.75, 3.05) is 6.54 Å². The number of thiophene rings is 1. The van der Waals surface area contributed by atoms with Gasteiger partial charge in [-0.15, -0.1) is 29.3 Å². The third kappa shape index (κ3) is 4.20. The van der Waals surface area contributed by atoms with Crippen molar-refractivity contribution >= 4 is 60.7 Å². The standard InChI is InChI=1S/C17H13Br2N3OS2/c1-2-5-20-17-22(14(10-25-17)15-4-3-6-24-15)21-9-11-7-12(18)16(23)13(19)8-11/h2-4,6-10,23H,1,5H2. The molecule has 3 aromatic rings. The van der Waals surface area contributed by atoms with Crippen molar-refractivity contribution in [2.24, 2.45) is 10.1 Å². The number of aromatic hydroxyl groups is 1. The number of nitrogens with zero attached hydrogens (tertiary/aromatic N) is 3. The van der Waals surface area contributed by atoms with Crippen molar-refractivity contribution in [2.45, 2.75) is 0 Å². The number of aromatic nitrogens is 1. The molecule has 128 valence electrons. The Bertz CT molecular complexity index is 965. The lowest BCUT2D eigenvalue weighted by molar-refractivity contribution is 0.468. The predicted molar refractivity (Wildman–Crippen MR) is 113 cm³/mol. The van der Waals surface area contributed by atoms with Gasteiger partial charge in [0.25, 0.3) is 0 Å². The van der Waals surface area contributed by atoms with Gasteiger partial charge < -0.3 is 5.11 Å². The van der Waals surface area contributed by atoms with Crippen LogP contribution in [0.4, 0.5) is 0 Å². The molecule has 0 aliphatic carbocycles. The molecule has 2 aromatic heterocycles. The second-order valence-corrected chi connectivity index (χ2v) is 8.39. The van der Waals surface area contributed by atoms with Gasteiger partial charge in [0.2, 0.25) is 4.80 Å². The first-order chi connectivity index (χ1) is 12.1. The number of rotatable bonds is 5. The first-order valence-electron chi connectivity index (χ1n) is 7.18. The lowest BCUT2D eigenvalue weighted by Gasteiger charge is -2.03. The lowest BCUT2D eigenvalue weighted by atomic mass is 10.2. The summed E-state index contributed by atoms with van der Waals surface area (Å²) in [5.74, 6) is 0.168. The van der Waals surface area contributed by atoms with Gasteiger partial charge in [0.05, 0.1) is 32.3 Å². The first-order valence-corrected chi connectivity index (χ1v) is 10.5. The van der Waals surface area contributed by atoms with Gasteiger partial charge in [0.1, 0.15) is 5.75 Å². The molecule has 0 aliphatic heterocycles. The van der Waals surface area contributed by atoms with Gasteiger partial charge in [0, 0.05) is 5.38 Å². The number of phenols is 1. The van der Waals surface area contributed by atoms with Crippen LogP contribution in [0.1, 0.15) is 5.56 Å². The highest BCUT2D eigenvalue weighted by molar-refractivity contribution is 9.11. The van der Waals surface area contributed by atoms with Crippen LogP contribution in [0.25, 0.3) is 10.6 Å². The Kier molecular flexibility index (Phi) is 6.06. The van der Waals surface area contributed by atoms with Crippen molar-refractivity contribution in [3.63, 3.8) is 0 Å². The molecule has 0 atom stereocenters. The molecule has 0 aliphatic rings. The quantitative estimate of drug-likeness (QED) is 0.367. The molecule has 3 rings (SSSR count). The molecule has 25 heavy (non-hydrogen) atoms. The minimum absolute atomic E-state index is 0.168. The van der Waals surface area contributed by atoms with Crippen LogP contribution in [0.3, 0.4) is 0 Å². The number of thiazole rings is 1. The van der Waals surface area contributed by atoms with Gasteiger partial charge in [-0.25, -0.2) is 4.68 Å².